The molecule has 1 atom stereocenters. The van der Waals surface area contributed by atoms with E-state index < -0.39 is 0 Å². The van der Waals surface area contributed by atoms with Crippen LogP contribution in [-0.4, -0.2) is 28.5 Å². The first-order valence-electron chi connectivity index (χ1n) is 8.86. The maximum absolute atomic E-state index is 14.4. The molecule has 1 aromatic carbocycles. The van der Waals surface area contributed by atoms with Crippen molar-refractivity contribution in [2.45, 2.75) is 32.7 Å². The van der Waals surface area contributed by atoms with E-state index in [1.165, 1.54) is 6.07 Å². The Hall–Kier alpha value is -1.63. The fraction of sp³-hybridized carbons (Fsp3) is 0.474. The van der Waals surface area contributed by atoms with Gasteiger partial charge in [0.05, 0.1) is 5.69 Å². The highest BCUT2D eigenvalue weighted by Gasteiger charge is 2.57. The largest absolute Gasteiger partial charge is 0.352 e. The number of rotatable bonds is 4. The van der Waals surface area contributed by atoms with Crippen molar-refractivity contribution in [3.8, 4) is 5.69 Å². The number of hydrogen-bond donors (Lipinski definition) is 2. The summed E-state index contributed by atoms with van der Waals surface area (Å²) in [4.78, 5) is 16.5. The van der Waals surface area contributed by atoms with Gasteiger partial charge < -0.3 is 15.2 Å². The summed E-state index contributed by atoms with van der Waals surface area (Å²) in [7, 11) is 0. The Morgan fingerprint density at radius 1 is 1.37 bits per heavy atom. The van der Waals surface area contributed by atoms with Crippen LogP contribution in [0.1, 0.15) is 30.7 Å². The van der Waals surface area contributed by atoms with E-state index in [1.807, 2.05) is 13.0 Å². The van der Waals surface area contributed by atoms with Crippen molar-refractivity contribution in [2.24, 2.45) is 11.3 Å². The SMILES string of the molecule is Cc1nccn1-c1ccc(CNC(=O)C2CC23CCNCC3)cc1F.Cl.Cl. The third-order valence-electron chi connectivity index (χ3n) is 5.67. The lowest BCUT2D eigenvalue weighted by molar-refractivity contribution is -0.123. The average Bonchev–Trinajstić information content (AvgIpc) is 3.13. The van der Waals surface area contributed by atoms with E-state index in [9.17, 15) is 9.18 Å². The molecule has 2 heterocycles. The highest BCUT2D eigenvalue weighted by Crippen LogP contribution is 2.58. The second-order valence-corrected chi connectivity index (χ2v) is 7.22. The van der Waals surface area contributed by atoms with Crippen molar-refractivity contribution < 1.29 is 9.18 Å². The average molecular weight is 415 g/mol. The fourth-order valence-corrected chi connectivity index (χ4v) is 4.00. The lowest BCUT2D eigenvalue weighted by atomic mass is 9.92. The zero-order chi connectivity index (χ0) is 17.4. The van der Waals surface area contributed by atoms with Crippen LogP contribution in [-0.2, 0) is 11.3 Å². The van der Waals surface area contributed by atoms with Gasteiger partial charge in [-0.05, 0) is 62.4 Å². The van der Waals surface area contributed by atoms with Crippen molar-refractivity contribution in [1.29, 1.82) is 0 Å². The van der Waals surface area contributed by atoms with Gasteiger partial charge in [0.15, 0.2) is 0 Å². The Labute approximate surface area is 170 Å². The molecule has 1 aliphatic heterocycles. The van der Waals surface area contributed by atoms with Crippen LogP contribution in [0.3, 0.4) is 0 Å². The minimum atomic E-state index is -0.311. The summed E-state index contributed by atoms with van der Waals surface area (Å²) in [6.45, 7) is 4.21. The van der Waals surface area contributed by atoms with Crippen LogP contribution in [0, 0.1) is 24.1 Å². The zero-order valence-electron chi connectivity index (χ0n) is 15.2. The molecule has 1 unspecified atom stereocenters. The Balaban J connectivity index is 0.00000131. The summed E-state index contributed by atoms with van der Waals surface area (Å²) in [6, 6.07) is 5.07. The number of benzene rings is 1. The maximum Gasteiger partial charge on any atom is 0.223 e. The van der Waals surface area contributed by atoms with Gasteiger partial charge in [0.2, 0.25) is 5.91 Å². The van der Waals surface area contributed by atoms with Crippen LogP contribution in [0.2, 0.25) is 0 Å². The van der Waals surface area contributed by atoms with Gasteiger partial charge >= 0.3 is 0 Å². The molecule has 4 rings (SSSR count). The smallest absolute Gasteiger partial charge is 0.223 e. The van der Waals surface area contributed by atoms with E-state index in [2.05, 4.69) is 15.6 Å². The molecule has 148 valence electrons. The minimum Gasteiger partial charge on any atom is -0.352 e. The molecule has 2 N–H and O–H groups in total. The van der Waals surface area contributed by atoms with Crippen LogP contribution >= 0.6 is 24.8 Å². The monoisotopic (exact) mass is 414 g/mol. The van der Waals surface area contributed by atoms with Crippen LogP contribution in [0.5, 0.6) is 0 Å². The molecule has 1 saturated heterocycles. The number of carbonyl (C=O) groups excluding carboxylic acids is 1. The van der Waals surface area contributed by atoms with Gasteiger partial charge in [-0.2, -0.15) is 0 Å². The second-order valence-electron chi connectivity index (χ2n) is 7.22. The second kappa shape index (κ2) is 8.59. The predicted octanol–water partition coefficient (Wildman–Crippen LogP) is 3.17. The third-order valence-corrected chi connectivity index (χ3v) is 5.67. The molecule has 2 aliphatic rings. The molecular formula is C19H25Cl2FN4O. The Morgan fingerprint density at radius 3 is 2.74 bits per heavy atom. The topological polar surface area (TPSA) is 59.0 Å². The number of hydrogen-bond acceptors (Lipinski definition) is 3. The molecule has 1 aliphatic carbocycles. The highest BCUT2D eigenvalue weighted by molar-refractivity contribution is 5.85. The standard InChI is InChI=1S/C19H23FN4O.2ClH/c1-13-22-8-9-24(13)17-3-2-14(10-16(17)20)12-23-18(25)15-11-19(15)4-6-21-7-5-19;;/h2-3,8-10,15,21H,4-7,11-12H2,1H3,(H,23,25);2*1H. The quantitative estimate of drug-likeness (QED) is 0.807. The van der Waals surface area contributed by atoms with Crippen LogP contribution in [0.15, 0.2) is 30.6 Å². The Morgan fingerprint density at radius 2 is 2.11 bits per heavy atom. The van der Waals surface area contributed by atoms with Gasteiger partial charge in [-0.1, -0.05) is 6.07 Å². The van der Waals surface area contributed by atoms with E-state index in [1.54, 1.807) is 23.0 Å². The van der Waals surface area contributed by atoms with Crippen LogP contribution < -0.4 is 10.6 Å². The van der Waals surface area contributed by atoms with Crippen LogP contribution in [0.4, 0.5) is 4.39 Å². The molecule has 5 nitrogen and oxygen atoms in total. The molecular weight excluding hydrogens is 390 g/mol. The molecule has 0 radical (unpaired) electrons. The van der Waals surface area contributed by atoms with Crippen LogP contribution in [0.25, 0.3) is 5.69 Å². The first kappa shape index (κ1) is 21.7. The maximum atomic E-state index is 14.4. The zero-order valence-corrected chi connectivity index (χ0v) is 16.8. The number of carbonyl (C=O) groups is 1. The summed E-state index contributed by atoms with van der Waals surface area (Å²) < 4.78 is 16.1. The molecule has 8 heteroatoms. The van der Waals surface area contributed by atoms with E-state index in [0.717, 1.165) is 43.7 Å². The number of imidazole rings is 1. The third kappa shape index (κ3) is 4.28. The van der Waals surface area contributed by atoms with Gasteiger partial charge in [0.1, 0.15) is 11.6 Å². The number of aryl methyl sites for hydroxylation is 1. The summed E-state index contributed by atoms with van der Waals surface area (Å²) in [5.41, 5.74) is 1.47. The van der Waals surface area contributed by atoms with Gasteiger partial charge in [-0.15, -0.1) is 24.8 Å². The predicted molar refractivity (Wildman–Crippen MR) is 107 cm³/mol. The summed E-state index contributed by atoms with van der Waals surface area (Å²) in [6.07, 6.45) is 6.54. The van der Waals surface area contributed by atoms with Gasteiger partial charge in [0, 0.05) is 24.9 Å². The first-order valence-corrected chi connectivity index (χ1v) is 8.86. The van der Waals surface area contributed by atoms with Crippen molar-refractivity contribution in [3.05, 3.63) is 47.8 Å². The summed E-state index contributed by atoms with van der Waals surface area (Å²) >= 11 is 0. The molecule has 1 saturated carbocycles. The normalized spacial score (nSPS) is 19.7. The summed E-state index contributed by atoms with van der Waals surface area (Å²) in [5, 5.41) is 6.32. The Bertz CT molecular complexity index is 805. The molecule has 1 spiro atoms. The number of aromatic nitrogens is 2. The number of halogens is 3. The number of nitrogens with one attached hydrogen (secondary N) is 2. The number of piperidine rings is 1. The molecule has 0 bridgehead atoms. The van der Waals surface area contributed by atoms with E-state index >= 15 is 0 Å². The van der Waals surface area contributed by atoms with Gasteiger partial charge in [0.25, 0.3) is 0 Å². The highest BCUT2D eigenvalue weighted by atomic mass is 35.5. The van der Waals surface area contributed by atoms with E-state index in [-0.39, 0.29) is 47.9 Å². The molecule has 2 aromatic rings. The van der Waals surface area contributed by atoms with Crippen molar-refractivity contribution >= 4 is 30.7 Å². The van der Waals surface area contributed by atoms with Crippen molar-refractivity contribution in [2.75, 3.05) is 13.1 Å². The van der Waals surface area contributed by atoms with E-state index in [0.29, 0.717) is 12.2 Å². The minimum absolute atomic E-state index is 0. The first-order chi connectivity index (χ1) is 12.1. The van der Waals surface area contributed by atoms with Crippen molar-refractivity contribution in [3.63, 3.8) is 0 Å². The Kier molecular flexibility index (Phi) is 6.89. The molecule has 27 heavy (non-hydrogen) atoms. The van der Waals surface area contributed by atoms with Crippen molar-refractivity contribution in [1.82, 2.24) is 20.2 Å². The molecule has 2 fully saturated rings. The van der Waals surface area contributed by atoms with Gasteiger partial charge in [-0.3, -0.25) is 4.79 Å². The van der Waals surface area contributed by atoms with E-state index in [4.69, 9.17) is 0 Å². The number of amides is 1. The molecule has 1 aromatic heterocycles. The fourth-order valence-electron chi connectivity index (χ4n) is 4.00. The molecule has 1 amide bonds. The van der Waals surface area contributed by atoms with Gasteiger partial charge in [-0.25, -0.2) is 9.37 Å². The lowest BCUT2D eigenvalue weighted by Gasteiger charge is -2.23. The summed E-state index contributed by atoms with van der Waals surface area (Å²) in [5.74, 6) is 0.666. The lowest BCUT2D eigenvalue weighted by Crippen LogP contribution is -2.33. The number of nitrogens with zero attached hydrogens (tertiary/aromatic N) is 2.